The largest absolute Gasteiger partial charge is 0.321 e. The molecule has 0 aliphatic rings. The summed E-state index contributed by atoms with van der Waals surface area (Å²) in [7, 11) is 0. The van der Waals surface area contributed by atoms with Gasteiger partial charge in [0.2, 0.25) is 0 Å². The number of hydrogen-bond acceptors (Lipinski definition) is 4. The van der Waals surface area contributed by atoms with E-state index in [9.17, 15) is 0 Å². The summed E-state index contributed by atoms with van der Waals surface area (Å²) in [5, 5.41) is 6.55. The van der Waals surface area contributed by atoms with Crippen molar-refractivity contribution in [3.05, 3.63) is 52.0 Å². The molecule has 96 valence electrons. The van der Waals surface area contributed by atoms with E-state index < -0.39 is 0 Å². The van der Waals surface area contributed by atoms with Gasteiger partial charge in [0.1, 0.15) is 5.01 Å². The predicted molar refractivity (Wildman–Crippen MR) is 76.5 cm³/mol. The molecule has 0 aliphatic carbocycles. The van der Waals surface area contributed by atoms with E-state index in [4.69, 9.17) is 5.73 Å². The van der Waals surface area contributed by atoms with Crippen molar-refractivity contribution in [3.63, 3.8) is 0 Å². The van der Waals surface area contributed by atoms with Crippen LogP contribution in [0.25, 0.3) is 0 Å². The van der Waals surface area contributed by atoms with Crippen molar-refractivity contribution in [2.75, 3.05) is 6.54 Å². The van der Waals surface area contributed by atoms with E-state index in [1.807, 2.05) is 32.0 Å². The molecule has 0 aliphatic heterocycles. The molecule has 1 atom stereocenters. The average Bonchev–Trinajstić information content (AvgIpc) is 2.76. The monoisotopic (exact) mass is 261 g/mol. The third kappa shape index (κ3) is 3.38. The van der Waals surface area contributed by atoms with Gasteiger partial charge in [-0.15, -0.1) is 11.3 Å². The number of aryl methyl sites for hydroxylation is 1. The number of thiazole rings is 1. The van der Waals surface area contributed by atoms with Crippen LogP contribution in [0.2, 0.25) is 0 Å². The third-order valence-corrected chi connectivity index (χ3v) is 3.83. The van der Waals surface area contributed by atoms with Gasteiger partial charge in [-0.2, -0.15) is 0 Å². The Kier molecular flexibility index (Phi) is 4.11. The molecular formula is C14H19N3S. The fourth-order valence-corrected chi connectivity index (χ4v) is 2.58. The Balaban J connectivity index is 1.89. The SMILES string of the molecule is Cc1csc(CNCC(C)(N)c2ccccc2)n1. The standard InChI is InChI=1S/C14H19N3S/c1-11-9-18-13(17-11)8-16-10-14(2,15)12-6-4-3-5-7-12/h3-7,9,16H,8,10,15H2,1-2H3. The summed E-state index contributed by atoms with van der Waals surface area (Å²) in [6, 6.07) is 10.2. The van der Waals surface area contributed by atoms with Crippen LogP contribution >= 0.6 is 11.3 Å². The topological polar surface area (TPSA) is 50.9 Å². The van der Waals surface area contributed by atoms with Gasteiger partial charge in [0.15, 0.2) is 0 Å². The van der Waals surface area contributed by atoms with Crippen molar-refractivity contribution in [1.82, 2.24) is 10.3 Å². The van der Waals surface area contributed by atoms with Gasteiger partial charge >= 0.3 is 0 Å². The van der Waals surface area contributed by atoms with Crippen LogP contribution < -0.4 is 11.1 Å². The lowest BCUT2D eigenvalue weighted by atomic mass is 9.93. The van der Waals surface area contributed by atoms with Crippen LogP contribution in [0, 0.1) is 6.92 Å². The highest BCUT2D eigenvalue weighted by molar-refractivity contribution is 7.09. The zero-order valence-electron chi connectivity index (χ0n) is 10.8. The number of aromatic nitrogens is 1. The number of nitrogens with two attached hydrogens (primary N) is 1. The molecule has 4 heteroatoms. The summed E-state index contributed by atoms with van der Waals surface area (Å²) in [6.45, 7) is 5.56. The summed E-state index contributed by atoms with van der Waals surface area (Å²) in [5.74, 6) is 0. The van der Waals surface area contributed by atoms with E-state index in [0.29, 0.717) is 0 Å². The Morgan fingerprint density at radius 2 is 2.06 bits per heavy atom. The Morgan fingerprint density at radius 3 is 2.67 bits per heavy atom. The lowest BCUT2D eigenvalue weighted by Crippen LogP contribution is -2.43. The first-order chi connectivity index (χ1) is 8.58. The number of rotatable bonds is 5. The van der Waals surface area contributed by atoms with Gasteiger partial charge in [-0.25, -0.2) is 4.98 Å². The second-order valence-electron chi connectivity index (χ2n) is 4.77. The second-order valence-corrected chi connectivity index (χ2v) is 5.71. The van der Waals surface area contributed by atoms with Gasteiger partial charge in [-0.3, -0.25) is 0 Å². The lowest BCUT2D eigenvalue weighted by molar-refractivity contribution is 0.445. The van der Waals surface area contributed by atoms with Crippen LogP contribution in [0.1, 0.15) is 23.2 Å². The van der Waals surface area contributed by atoms with Crippen LogP contribution in [0.5, 0.6) is 0 Å². The molecule has 18 heavy (non-hydrogen) atoms. The predicted octanol–water partition coefficient (Wildman–Crippen LogP) is 2.42. The normalized spacial score (nSPS) is 14.4. The summed E-state index contributed by atoms with van der Waals surface area (Å²) in [5.41, 5.74) is 8.20. The third-order valence-electron chi connectivity index (χ3n) is 2.87. The van der Waals surface area contributed by atoms with Crippen LogP contribution in [0.15, 0.2) is 35.7 Å². The van der Waals surface area contributed by atoms with Crippen LogP contribution in [-0.4, -0.2) is 11.5 Å². The lowest BCUT2D eigenvalue weighted by Gasteiger charge is -2.25. The first-order valence-electron chi connectivity index (χ1n) is 6.04. The molecule has 3 nitrogen and oxygen atoms in total. The molecular weight excluding hydrogens is 242 g/mol. The molecule has 1 heterocycles. The molecule has 1 aromatic carbocycles. The molecule has 0 amide bonds. The molecule has 0 saturated heterocycles. The minimum Gasteiger partial charge on any atom is -0.321 e. The molecule has 2 rings (SSSR count). The van der Waals surface area contributed by atoms with Crippen LogP contribution in [0.4, 0.5) is 0 Å². The number of benzene rings is 1. The molecule has 1 aromatic heterocycles. The molecule has 0 spiro atoms. The molecule has 0 bridgehead atoms. The van der Waals surface area contributed by atoms with Crippen LogP contribution in [0.3, 0.4) is 0 Å². The quantitative estimate of drug-likeness (QED) is 0.869. The molecule has 0 saturated carbocycles. The molecule has 3 N–H and O–H groups in total. The van der Waals surface area contributed by atoms with Crippen molar-refractivity contribution >= 4 is 11.3 Å². The maximum absolute atomic E-state index is 6.33. The summed E-state index contributed by atoms with van der Waals surface area (Å²) in [6.07, 6.45) is 0. The van der Waals surface area contributed by atoms with E-state index in [1.165, 1.54) is 0 Å². The highest BCUT2D eigenvalue weighted by Crippen LogP contribution is 2.16. The van der Waals surface area contributed by atoms with Gasteiger partial charge in [0.05, 0.1) is 5.54 Å². The highest BCUT2D eigenvalue weighted by atomic mass is 32.1. The van der Waals surface area contributed by atoms with E-state index in [1.54, 1.807) is 11.3 Å². The van der Waals surface area contributed by atoms with E-state index >= 15 is 0 Å². The Hall–Kier alpha value is -1.23. The zero-order valence-corrected chi connectivity index (χ0v) is 11.6. The van der Waals surface area contributed by atoms with Crippen molar-refractivity contribution in [2.24, 2.45) is 5.73 Å². The maximum atomic E-state index is 6.33. The van der Waals surface area contributed by atoms with E-state index in [2.05, 4.69) is 27.8 Å². The van der Waals surface area contributed by atoms with Crippen LogP contribution in [-0.2, 0) is 12.1 Å². The first kappa shape index (κ1) is 13.2. The molecule has 1 unspecified atom stereocenters. The average molecular weight is 261 g/mol. The van der Waals surface area contributed by atoms with Crippen molar-refractivity contribution in [2.45, 2.75) is 25.9 Å². The zero-order chi connectivity index (χ0) is 13.0. The van der Waals surface area contributed by atoms with Gasteiger partial charge in [-0.1, -0.05) is 30.3 Å². The Bertz CT molecular complexity index is 491. The maximum Gasteiger partial charge on any atom is 0.107 e. The molecule has 2 aromatic rings. The number of nitrogens with one attached hydrogen (secondary N) is 1. The minimum atomic E-state index is -0.354. The fraction of sp³-hybridized carbons (Fsp3) is 0.357. The van der Waals surface area contributed by atoms with Crippen molar-refractivity contribution in [1.29, 1.82) is 0 Å². The van der Waals surface area contributed by atoms with Gasteiger partial charge in [0.25, 0.3) is 0 Å². The minimum absolute atomic E-state index is 0.354. The fourth-order valence-electron chi connectivity index (χ4n) is 1.83. The number of hydrogen-bond donors (Lipinski definition) is 2. The van der Waals surface area contributed by atoms with Gasteiger partial charge in [0, 0.05) is 24.2 Å². The van der Waals surface area contributed by atoms with Crippen molar-refractivity contribution < 1.29 is 0 Å². The summed E-state index contributed by atoms with van der Waals surface area (Å²) < 4.78 is 0. The Labute approximate surface area is 112 Å². The molecule has 0 radical (unpaired) electrons. The second kappa shape index (κ2) is 5.61. The molecule has 0 fully saturated rings. The van der Waals surface area contributed by atoms with E-state index in [-0.39, 0.29) is 5.54 Å². The Morgan fingerprint density at radius 1 is 1.33 bits per heavy atom. The number of nitrogens with zero attached hydrogens (tertiary/aromatic N) is 1. The van der Waals surface area contributed by atoms with Gasteiger partial charge < -0.3 is 11.1 Å². The van der Waals surface area contributed by atoms with Gasteiger partial charge in [-0.05, 0) is 19.4 Å². The highest BCUT2D eigenvalue weighted by Gasteiger charge is 2.20. The summed E-state index contributed by atoms with van der Waals surface area (Å²) in [4.78, 5) is 4.42. The smallest absolute Gasteiger partial charge is 0.107 e. The first-order valence-corrected chi connectivity index (χ1v) is 6.92. The summed E-state index contributed by atoms with van der Waals surface area (Å²) >= 11 is 1.68. The van der Waals surface area contributed by atoms with Crippen molar-refractivity contribution in [3.8, 4) is 0 Å². The van der Waals surface area contributed by atoms with E-state index in [0.717, 1.165) is 29.4 Å².